The Kier molecular flexibility index (Phi) is 4.32. The fraction of sp³-hybridized carbons (Fsp3) is 0.227. The summed E-state index contributed by atoms with van der Waals surface area (Å²) < 4.78 is 11.3. The minimum absolute atomic E-state index is 0.0401. The molecule has 6 nitrogen and oxygen atoms in total. The Bertz CT molecular complexity index is 1180. The molecule has 1 aliphatic carbocycles. The van der Waals surface area contributed by atoms with Crippen LogP contribution in [0, 0.1) is 0 Å². The second-order valence-corrected chi connectivity index (χ2v) is 8.09. The summed E-state index contributed by atoms with van der Waals surface area (Å²) in [5.74, 6) is 1.28. The van der Waals surface area contributed by atoms with Crippen molar-refractivity contribution in [2.24, 2.45) is 0 Å². The normalized spacial score (nSPS) is 15.8. The summed E-state index contributed by atoms with van der Waals surface area (Å²) in [6.07, 6.45) is 4.95. The molecule has 0 bridgehead atoms. The second kappa shape index (κ2) is 7.00. The number of ketones is 1. The lowest BCUT2D eigenvalue weighted by Gasteiger charge is -2.18. The fourth-order valence-corrected chi connectivity index (χ4v) is 4.46. The third-order valence-electron chi connectivity index (χ3n) is 5.02. The van der Waals surface area contributed by atoms with Gasteiger partial charge in [-0.2, -0.15) is 0 Å². The number of carbonyl (C=O) groups is 2. The topological polar surface area (TPSA) is 77.5 Å². The predicted molar refractivity (Wildman–Crippen MR) is 112 cm³/mol. The number of nitrogens with one attached hydrogen (secondary N) is 1. The number of aromatic nitrogens is 1. The maximum atomic E-state index is 12.7. The lowest BCUT2D eigenvalue weighted by Crippen LogP contribution is -2.23. The molecule has 3 heterocycles. The summed E-state index contributed by atoms with van der Waals surface area (Å²) in [5, 5.41) is 4.79. The molecule has 2 aromatic heterocycles. The number of ether oxygens (including phenoxy) is 2. The maximum absolute atomic E-state index is 12.7. The van der Waals surface area contributed by atoms with Crippen molar-refractivity contribution in [3.63, 3.8) is 0 Å². The number of Topliss-reactive ketones (excluding diaryl/α,β-unsaturated/α-hetero) is 1. The lowest BCUT2D eigenvalue weighted by atomic mass is 10.00. The van der Waals surface area contributed by atoms with Gasteiger partial charge in [-0.3, -0.25) is 9.59 Å². The van der Waals surface area contributed by atoms with Gasteiger partial charge in [0.1, 0.15) is 18.0 Å². The molecule has 146 valence electrons. The van der Waals surface area contributed by atoms with Gasteiger partial charge in [0, 0.05) is 29.0 Å². The zero-order chi connectivity index (χ0) is 20.0. The molecule has 0 fully saturated rings. The van der Waals surface area contributed by atoms with Crippen molar-refractivity contribution in [2.45, 2.75) is 19.8 Å². The number of amides is 1. The van der Waals surface area contributed by atoms with Crippen LogP contribution in [0.25, 0.3) is 21.1 Å². The molecule has 1 aliphatic heterocycles. The van der Waals surface area contributed by atoms with Gasteiger partial charge in [0.05, 0.1) is 10.4 Å². The minimum Gasteiger partial charge on any atom is -0.486 e. The van der Waals surface area contributed by atoms with E-state index in [0.29, 0.717) is 36.7 Å². The van der Waals surface area contributed by atoms with Crippen molar-refractivity contribution >= 4 is 44.1 Å². The van der Waals surface area contributed by atoms with Gasteiger partial charge in [-0.1, -0.05) is 12.2 Å². The highest BCUT2D eigenvalue weighted by molar-refractivity contribution is 7.20. The Morgan fingerprint density at radius 2 is 1.83 bits per heavy atom. The first-order chi connectivity index (χ1) is 14.1. The summed E-state index contributed by atoms with van der Waals surface area (Å²) in [5.41, 5.74) is 2.31. The highest BCUT2D eigenvalue weighted by Crippen LogP contribution is 2.36. The molecule has 5 rings (SSSR count). The van der Waals surface area contributed by atoms with Crippen LogP contribution in [-0.2, 0) is 4.79 Å². The molecule has 1 N–H and O–H groups in total. The van der Waals surface area contributed by atoms with Gasteiger partial charge in [-0.05, 0) is 37.1 Å². The summed E-state index contributed by atoms with van der Waals surface area (Å²) >= 11 is 1.35. The Morgan fingerprint density at radius 3 is 2.62 bits per heavy atom. The number of pyridine rings is 1. The van der Waals surface area contributed by atoms with Crippen LogP contribution >= 0.6 is 11.3 Å². The van der Waals surface area contributed by atoms with Gasteiger partial charge in [0.15, 0.2) is 17.3 Å². The van der Waals surface area contributed by atoms with Crippen LogP contribution in [0.5, 0.6) is 11.5 Å². The van der Waals surface area contributed by atoms with Crippen LogP contribution in [0.3, 0.4) is 0 Å². The summed E-state index contributed by atoms with van der Waals surface area (Å²) in [6.45, 7) is 2.61. The van der Waals surface area contributed by atoms with E-state index in [1.807, 2.05) is 36.4 Å². The molecule has 0 saturated heterocycles. The number of rotatable bonds is 3. The van der Waals surface area contributed by atoms with E-state index >= 15 is 0 Å². The number of thiophene rings is 1. The van der Waals surface area contributed by atoms with Crippen LogP contribution in [0.4, 0.5) is 0 Å². The largest absolute Gasteiger partial charge is 0.486 e. The van der Waals surface area contributed by atoms with Gasteiger partial charge < -0.3 is 14.8 Å². The van der Waals surface area contributed by atoms with Gasteiger partial charge >= 0.3 is 0 Å². The summed E-state index contributed by atoms with van der Waals surface area (Å²) in [6, 6.07) is 7.67. The highest BCUT2D eigenvalue weighted by Gasteiger charge is 2.18. The molecule has 0 unspecified atom stereocenters. The van der Waals surface area contributed by atoms with Crippen molar-refractivity contribution in [3.8, 4) is 11.5 Å². The molecule has 1 amide bonds. The molecular weight excluding hydrogens is 388 g/mol. The Balaban J connectivity index is 1.43. The second-order valence-electron chi connectivity index (χ2n) is 7.06. The minimum atomic E-state index is -0.181. The van der Waals surface area contributed by atoms with Crippen molar-refractivity contribution < 1.29 is 19.1 Å². The first-order valence-electron chi connectivity index (χ1n) is 9.41. The van der Waals surface area contributed by atoms with E-state index in [1.54, 1.807) is 6.92 Å². The average molecular weight is 406 g/mol. The molecule has 29 heavy (non-hydrogen) atoms. The number of hydrogen-bond acceptors (Lipinski definition) is 6. The standard InChI is InChI=1S/C22H18N2O4S/c1-12(25)13-3-2-4-16(8-13)23-21(26)20-10-15-7-14-9-18-19(28-6-5-27-18)11-17(14)24-22(15)29-20/h3-4,7,9-11H,2,5-6,8H2,1H3,(H,23,26). The third kappa shape index (κ3) is 3.38. The zero-order valence-corrected chi connectivity index (χ0v) is 16.6. The summed E-state index contributed by atoms with van der Waals surface area (Å²) in [7, 11) is 0. The molecule has 0 atom stereocenters. The number of carbonyl (C=O) groups excluding carboxylic acids is 2. The molecule has 0 spiro atoms. The van der Waals surface area contributed by atoms with E-state index in [-0.39, 0.29) is 11.7 Å². The van der Waals surface area contributed by atoms with E-state index < -0.39 is 0 Å². The third-order valence-corrected chi connectivity index (χ3v) is 6.07. The van der Waals surface area contributed by atoms with Gasteiger partial charge in [-0.25, -0.2) is 4.98 Å². The number of nitrogens with zero attached hydrogens (tertiary/aromatic N) is 1. The molecule has 1 aromatic carbocycles. The Labute approximate surface area is 170 Å². The maximum Gasteiger partial charge on any atom is 0.265 e. The van der Waals surface area contributed by atoms with Crippen LogP contribution in [-0.4, -0.2) is 29.9 Å². The lowest BCUT2D eigenvalue weighted by molar-refractivity contribution is -0.113. The number of fused-ring (bicyclic) bond motifs is 3. The van der Waals surface area contributed by atoms with E-state index in [0.717, 1.165) is 38.1 Å². The van der Waals surface area contributed by atoms with E-state index in [1.165, 1.54) is 11.3 Å². The predicted octanol–water partition coefficient (Wildman–Crippen LogP) is 4.14. The van der Waals surface area contributed by atoms with E-state index in [2.05, 4.69) is 5.32 Å². The molecule has 3 aromatic rings. The number of hydrogen-bond donors (Lipinski definition) is 1. The number of allylic oxidation sites excluding steroid dienone is 3. The monoisotopic (exact) mass is 406 g/mol. The zero-order valence-electron chi connectivity index (χ0n) is 15.8. The molecule has 7 heteroatoms. The summed E-state index contributed by atoms with van der Waals surface area (Å²) in [4.78, 5) is 30.4. The average Bonchev–Trinajstić information content (AvgIpc) is 3.13. The number of benzene rings is 1. The highest BCUT2D eigenvalue weighted by atomic mass is 32.1. The van der Waals surface area contributed by atoms with Gasteiger partial charge in [-0.15, -0.1) is 11.3 Å². The molecular formula is C22H18N2O4S. The smallest absolute Gasteiger partial charge is 0.265 e. The van der Waals surface area contributed by atoms with Crippen LogP contribution in [0.2, 0.25) is 0 Å². The van der Waals surface area contributed by atoms with Crippen LogP contribution < -0.4 is 14.8 Å². The molecule has 0 radical (unpaired) electrons. The van der Waals surface area contributed by atoms with E-state index in [9.17, 15) is 9.59 Å². The first kappa shape index (κ1) is 17.9. The van der Waals surface area contributed by atoms with Crippen molar-refractivity contribution in [1.82, 2.24) is 10.3 Å². The Morgan fingerprint density at radius 1 is 1.03 bits per heavy atom. The van der Waals surface area contributed by atoms with Crippen LogP contribution in [0.1, 0.15) is 29.4 Å². The Hall–Kier alpha value is -3.19. The van der Waals surface area contributed by atoms with Crippen molar-refractivity contribution in [2.75, 3.05) is 13.2 Å². The fourth-order valence-electron chi connectivity index (χ4n) is 3.55. The van der Waals surface area contributed by atoms with E-state index in [4.69, 9.17) is 14.5 Å². The quantitative estimate of drug-likeness (QED) is 0.707. The first-order valence-corrected chi connectivity index (χ1v) is 10.2. The van der Waals surface area contributed by atoms with Crippen LogP contribution in [0.15, 0.2) is 47.7 Å². The van der Waals surface area contributed by atoms with Gasteiger partial charge in [0.25, 0.3) is 5.91 Å². The SMILES string of the molecule is CC(=O)C1=CCC=C(NC(=O)c2cc3cc4cc5c(cc4nc3s2)OCCO5)C1. The molecule has 2 aliphatic rings. The van der Waals surface area contributed by atoms with Crippen molar-refractivity contribution in [1.29, 1.82) is 0 Å². The van der Waals surface area contributed by atoms with Crippen molar-refractivity contribution in [3.05, 3.63) is 52.6 Å². The molecule has 0 saturated carbocycles. The van der Waals surface area contributed by atoms with Gasteiger partial charge in [0.2, 0.25) is 0 Å².